The van der Waals surface area contributed by atoms with Crippen LogP contribution >= 0.6 is 24.2 Å². The number of hydrogen-bond donors (Lipinski definition) is 1. The Morgan fingerprint density at radius 2 is 2.29 bits per heavy atom. The van der Waals surface area contributed by atoms with E-state index >= 15 is 0 Å². The Labute approximate surface area is 136 Å². The van der Waals surface area contributed by atoms with Crippen LogP contribution in [0.4, 0.5) is 0 Å². The van der Waals surface area contributed by atoms with Crippen molar-refractivity contribution in [3.63, 3.8) is 0 Å². The van der Waals surface area contributed by atoms with Crippen molar-refractivity contribution in [3.05, 3.63) is 23.8 Å². The number of aliphatic carboxylic acids is 1. The predicted octanol–water partition coefficient (Wildman–Crippen LogP) is 3.14. The van der Waals surface area contributed by atoms with Crippen LogP contribution in [0, 0.1) is 5.92 Å². The number of benzene rings is 1. The molecule has 1 N–H and O–H groups in total. The van der Waals surface area contributed by atoms with E-state index in [0.717, 1.165) is 36.6 Å². The van der Waals surface area contributed by atoms with Crippen molar-refractivity contribution in [3.8, 4) is 5.75 Å². The van der Waals surface area contributed by atoms with Gasteiger partial charge < -0.3 is 9.84 Å². The van der Waals surface area contributed by atoms with Crippen LogP contribution in [0.1, 0.15) is 18.4 Å². The highest BCUT2D eigenvalue weighted by molar-refractivity contribution is 7.98. The molecule has 0 radical (unpaired) electrons. The number of piperidine rings is 1. The number of likely N-dealkylation sites (tertiary alicyclic amines) is 1. The summed E-state index contributed by atoms with van der Waals surface area (Å²) < 4.78 is 5.39. The molecule has 1 heterocycles. The van der Waals surface area contributed by atoms with Crippen LogP contribution in [0.3, 0.4) is 0 Å². The molecule has 0 bridgehead atoms. The molecule has 0 aromatic heterocycles. The molecule has 0 amide bonds. The van der Waals surface area contributed by atoms with Gasteiger partial charge >= 0.3 is 5.97 Å². The molecule has 0 spiro atoms. The van der Waals surface area contributed by atoms with Crippen LogP contribution in [0.2, 0.25) is 0 Å². The van der Waals surface area contributed by atoms with Crippen molar-refractivity contribution in [2.45, 2.75) is 24.3 Å². The van der Waals surface area contributed by atoms with Crippen molar-refractivity contribution in [1.82, 2.24) is 4.90 Å². The number of nitrogens with zero attached hydrogens (tertiary/aromatic N) is 1. The summed E-state index contributed by atoms with van der Waals surface area (Å²) in [5.41, 5.74) is 1.17. The lowest BCUT2D eigenvalue weighted by Crippen LogP contribution is -2.38. The highest BCUT2D eigenvalue weighted by atomic mass is 35.5. The number of carbonyl (C=O) groups is 1. The van der Waals surface area contributed by atoms with E-state index in [4.69, 9.17) is 9.84 Å². The third kappa shape index (κ3) is 4.80. The number of methoxy groups -OCH3 is 1. The van der Waals surface area contributed by atoms with E-state index < -0.39 is 5.97 Å². The number of rotatable bonds is 5. The Hall–Kier alpha value is -0.910. The van der Waals surface area contributed by atoms with Gasteiger partial charge in [-0.1, -0.05) is 6.07 Å². The van der Waals surface area contributed by atoms with Gasteiger partial charge in [-0.3, -0.25) is 9.69 Å². The molecule has 1 fully saturated rings. The maximum absolute atomic E-state index is 11.1. The maximum Gasteiger partial charge on any atom is 0.307 e. The zero-order valence-electron chi connectivity index (χ0n) is 12.4. The zero-order valence-corrected chi connectivity index (χ0v) is 14.0. The van der Waals surface area contributed by atoms with Crippen LogP contribution in [0.5, 0.6) is 5.75 Å². The Kier molecular flexibility index (Phi) is 7.35. The summed E-state index contributed by atoms with van der Waals surface area (Å²) in [7, 11) is 1.68. The summed E-state index contributed by atoms with van der Waals surface area (Å²) >= 11 is 1.66. The molecule has 1 unspecified atom stereocenters. The summed E-state index contributed by atoms with van der Waals surface area (Å²) in [6, 6.07) is 6.21. The van der Waals surface area contributed by atoms with Crippen molar-refractivity contribution >= 4 is 30.1 Å². The lowest BCUT2D eigenvalue weighted by molar-refractivity contribution is -0.143. The van der Waals surface area contributed by atoms with Gasteiger partial charge in [-0.15, -0.1) is 24.2 Å². The van der Waals surface area contributed by atoms with Gasteiger partial charge in [0, 0.05) is 18.0 Å². The molecule has 118 valence electrons. The van der Waals surface area contributed by atoms with Gasteiger partial charge in [0.1, 0.15) is 5.75 Å². The highest BCUT2D eigenvalue weighted by Gasteiger charge is 2.25. The number of hydrogen-bond acceptors (Lipinski definition) is 4. The van der Waals surface area contributed by atoms with Gasteiger partial charge in [0.15, 0.2) is 0 Å². The zero-order chi connectivity index (χ0) is 14.5. The van der Waals surface area contributed by atoms with E-state index in [1.54, 1.807) is 18.9 Å². The van der Waals surface area contributed by atoms with Gasteiger partial charge in [0.25, 0.3) is 0 Å². The van der Waals surface area contributed by atoms with Crippen molar-refractivity contribution in [1.29, 1.82) is 0 Å². The largest absolute Gasteiger partial charge is 0.496 e. The molecular weight excluding hydrogens is 310 g/mol. The average molecular weight is 332 g/mol. The standard InChI is InChI=1S/C15H21NO3S.ClH/c1-19-13-8-11(5-6-14(13)20-2)9-16-7-3-4-12(10-16)15(17)18;/h5-6,8,12H,3-4,7,9-10H2,1-2H3,(H,17,18);1H. The van der Waals surface area contributed by atoms with Gasteiger partial charge in [0.05, 0.1) is 13.0 Å². The lowest BCUT2D eigenvalue weighted by Gasteiger charge is -2.30. The summed E-state index contributed by atoms with van der Waals surface area (Å²) in [5, 5.41) is 9.12. The van der Waals surface area contributed by atoms with E-state index in [0.29, 0.717) is 6.54 Å². The molecule has 1 aromatic carbocycles. The van der Waals surface area contributed by atoms with Crippen LogP contribution in [-0.4, -0.2) is 42.4 Å². The van der Waals surface area contributed by atoms with E-state index in [1.165, 1.54) is 5.56 Å². The number of halogens is 1. The van der Waals surface area contributed by atoms with Crippen LogP contribution < -0.4 is 4.74 Å². The molecule has 4 nitrogen and oxygen atoms in total. The minimum atomic E-state index is -0.676. The van der Waals surface area contributed by atoms with Crippen molar-refractivity contribution in [2.24, 2.45) is 5.92 Å². The Morgan fingerprint density at radius 1 is 1.52 bits per heavy atom. The summed E-state index contributed by atoms with van der Waals surface area (Å²) in [6.45, 7) is 2.40. The van der Waals surface area contributed by atoms with Gasteiger partial charge in [0.2, 0.25) is 0 Å². The topological polar surface area (TPSA) is 49.8 Å². The molecule has 1 saturated heterocycles. The lowest BCUT2D eigenvalue weighted by atomic mass is 9.98. The predicted molar refractivity (Wildman–Crippen MR) is 87.7 cm³/mol. The van der Waals surface area contributed by atoms with Gasteiger partial charge in [-0.25, -0.2) is 0 Å². The summed E-state index contributed by atoms with van der Waals surface area (Å²) in [4.78, 5) is 14.4. The molecule has 1 atom stereocenters. The van der Waals surface area contributed by atoms with Crippen molar-refractivity contribution in [2.75, 3.05) is 26.5 Å². The van der Waals surface area contributed by atoms with Crippen molar-refractivity contribution < 1.29 is 14.6 Å². The maximum atomic E-state index is 11.1. The Bertz CT molecular complexity index is 484. The SMILES string of the molecule is COc1cc(CN2CCCC(C(=O)O)C2)ccc1SC.Cl. The average Bonchev–Trinajstić information content (AvgIpc) is 2.47. The van der Waals surface area contributed by atoms with Crippen LogP contribution in [0.15, 0.2) is 23.1 Å². The Balaban J connectivity index is 0.00000220. The third-order valence-corrected chi connectivity index (χ3v) is 4.49. The van der Waals surface area contributed by atoms with E-state index in [2.05, 4.69) is 23.1 Å². The smallest absolute Gasteiger partial charge is 0.307 e. The number of carboxylic acid groups (broad SMARTS) is 1. The molecule has 2 rings (SSSR count). The first-order valence-corrected chi connectivity index (χ1v) is 8.02. The quantitative estimate of drug-likeness (QED) is 0.840. The minimum Gasteiger partial charge on any atom is -0.496 e. The molecule has 1 aliphatic heterocycles. The minimum absolute atomic E-state index is 0. The second-order valence-electron chi connectivity index (χ2n) is 5.10. The fourth-order valence-electron chi connectivity index (χ4n) is 2.64. The molecule has 0 saturated carbocycles. The number of thioether (sulfide) groups is 1. The first kappa shape index (κ1) is 18.1. The van der Waals surface area contributed by atoms with E-state index in [1.807, 2.05) is 6.26 Å². The molecule has 0 aliphatic carbocycles. The third-order valence-electron chi connectivity index (χ3n) is 3.71. The monoisotopic (exact) mass is 331 g/mol. The highest BCUT2D eigenvalue weighted by Crippen LogP contribution is 2.29. The fraction of sp³-hybridized carbons (Fsp3) is 0.533. The second-order valence-corrected chi connectivity index (χ2v) is 5.95. The molecule has 6 heteroatoms. The summed E-state index contributed by atoms with van der Waals surface area (Å²) in [5.74, 6) is -0.0112. The van der Waals surface area contributed by atoms with Gasteiger partial charge in [-0.2, -0.15) is 0 Å². The summed E-state index contributed by atoms with van der Waals surface area (Å²) in [6.07, 6.45) is 3.77. The molecular formula is C15H22ClNO3S. The first-order valence-electron chi connectivity index (χ1n) is 6.80. The molecule has 1 aromatic rings. The molecule has 21 heavy (non-hydrogen) atoms. The Morgan fingerprint density at radius 3 is 2.90 bits per heavy atom. The van der Waals surface area contributed by atoms with E-state index in [-0.39, 0.29) is 18.3 Å². The van der Waals surface area contributed by atoms with Gasteiger partial charge in [-0.05, 0) is 43.3 Å². The van der Waals surface area contributed by atoms with Crippen LogP contribution in [0.25, 0.3) is 0 Å². The fourth-order valence-corrected chi connectivity index (χ4v) is 3.19. The molecule has 1 aliphatic rings. The van der Waals surface area contributed by atoms with E-state index in [9.17, 15) is 4.79 Å². The number of carboxylic acids is 1. The number of ether oxygens (including phenoxy) is 1. The second kappa shape index (κ2) is 8.51. The van der Waals surface area contributed by atoms with Crippen LogP contribution in [-0.2, 0) is 11.3 Å². The normalized spacial score (nSPS) is 18.9. The first-order chi connectivity index (χ1) is 9.63.